The lowest BCUT2D eigenvalue weighted by molar-refractivity contribution is -0.130. The van der Waals surface area contributed by atoms with Crippen LogP contribution in [0.2, 0.25) is 0 Å². The lowest BCUT2D eigenvalue weighted by Gasteiger charge is -2.44. The van der Waals surface area contributed by atoms with Crippen molar-refractivity contribution >= 4 is 5.91 Å². The van der Waals surface area contributed by atoms with Crippen molar-refractivity contribution in [3.05, 3.63) is 108 Å². The van der Waals surface area contributed by atoms with Gasteiger partial charge in [0.05, 0.1) is 5.54 Å². The zero-order valence-electron chi connectivity index (χ0n) is 15.9. The van der Waals surface area contributed by atoms with Crippen molar-refractivity contribution in [1.82, 2.24) is 10.6 Å². The molecule has 4 nitrogen and oxygen atoms in total. The van der Waals surface area contributed by atoms with E-state index in [1.807, 2.05) is 54.6 Å². The highest BCUT2D eigenvalue weighted by Crippen LogP contribution is 2.38. The van der Waals surface area contributed by atoms with Crippen LogP contribution in [0.15, 0.2) is 91.0 Å². The number of β-lactam (4-membered cyclic amide) rings is 1. The third kappa shape index (κ3) is 3.54. The smallest absolute Gasteiger partial charge is 0.241 e. The van der Waals surface area contributed by atoms with Crippen LogP contribution in [-0.2, 0) is 10.3 Å². The third-order valence-electron chi connectivity index (χ3n) is 5.24. The number of nitrogens with one attached hydrogen (secondary N) is 2. The molecule has 144 valence electrons. The van der Waals surface area contributed by atoms with E-state index in [2.05, 4.69) is 58.9 Å². The SMILES string of the molecule is O=C1N[C@@H](C#CCO)[C@@H]1NC(c1ccccc1)(c1ccccc1)c1ccccc1. The molecule has 0 bridgehead atoms. The standard InChI is InChI=1S/C25H22N2O2/c28-18-10-17-22-23(24(29)26-22)27-25(19-11-4-1-5-12-19,20-13-6-2-7-14-20)21-15-8-3-9-16-21/h1-9,11-16,22-23,27-28H,18H2,(H,26,29)/t22-,23-/m0/s1. The first-order chi connectivity index (χ1) is 14.3. The Bertz CT molecular complexity index is 927. The lowest BCUT2D eigenvalue weighted by atomic mass is 9.75. The second kappa shape index (κ2) is 8.32. The normalized spacial score (nSPS) is 18.2. The Balaban J connectivity index is 1.90. The van der Waals surface area contributed by atoms with E-state index >= 15 is 0 Å². The molecule has 1 amide bonds. The molecular weight excluding hydrogens is 360 g/mol. The van der Waals surface area contributed by atoms with E-state index in [1.165, 1.54) is 0 Å². The Kier molecular flexibility index (Phi) is 5.44. The molecule has 0 saturated carbocycles. The summed E-state index contributed by atoms with van der Waals surface area (Å²) in [5, 5.41) is 15.5. The van der Waals surface area contributed by atoms with Gasteiger partial charge in [0.25, 0.3) is 0 Å². The summed E-state index contributed by atoms with van der Waals surface area (Å²) in [6.45, 7) is -0.236. The van der Waals surface area contributed by atoms with Gasteiger partial charge in [-0.25, -0.2) is 0 Å². The van der Waals surface area contributed by atoms with E-state index in [-0.39, 0.29) is 18.6 Å². The van der Waals surface area contributed by atoms with Crippen molar-refractivity contribution in [2.45, 2.75) is 17.6 Å². The maximum absolute atomic E-state index is 12.5. The molecule has 1 heterocycles. The van der Waals surface area contributed by atoms with Crippen LogP contribution >= 0.6 is 0 Å². The van der Waals surface area contributed by atoms with Gasteiger partial charge in [-0.05, 0) is 16.7 Å². The largest absolute Gasteiger partial charge is 0.384 e. The fraction of sp³-hybridized carbons (Fsp3) is 0.160. The molecule has 29 heavy (non-hydrogen) atoms. The van der Waals surface area contributed by atoms with Crippen LogP contribution in [0.4, 0.5) is 0 Å². The number of rotatable bonds is 5. The first-order valence-corrected chi connectivity index (χ1v) is 9.59. The molecule has 1 aliphatic heterocycles. The highest BCUT2D eigenvalue weighted by molar-refractivity contribution is 5.91. The number of aliphatic hydroxyl groups is 1. The molecule has 0 radical (unpaired) electrons. The van der Waals surface area contributed by atoms with Crippen molar-refractivity contribution in [2.24, 2.45) is 0 Å². The summed E-state index contributed by atoms with van der Waals surface area (Å²) >= 11 is 0. The lowest BCUT2D eigenvalue weighted by Crippen LogP contribution is -2.71. The highest BCUT2D eigenvalue weighted by atomic mass is 16.2. The van der Waals surface area contributed by atoms with Crippen LogP contribution in [0.5, 0.6) is 0 Å². The zero-order valence-corrected chi connectivity index (χ0v) is 15.9. The second-order valence-corrected chi connectivity index (χ2v) is 6.94. The summed E-state index contributed by atoms with van der Waals surface area (Å²) in [6.07, 6.45) is 0. The quantitative estimate of drug-likeness (QED) is 0.361. The highest BCUT2D eigenvalue weighted by Gasteiger charge is 2.46. The number of amides is 1. The molecule has 1 aliphatic rings. The molecule has 0 aliphatic carbocycles. The van der Waals surface area contributed by atoms with E-state index in [0.717, 1.165) is 16.7 Å². The molecule has 2 atom stereocenters. The number of carbonyl (C=O) groups excluding carboxylic acids is 1. The maximum atomic E-state index is 12.5. The van der Waals surface area contributed by atoms with Gasteiger partial charge in [-0.3, -0.25) is 10.1 Å². The van der Waals surface area contributed by atoms with Crippen LogP contribution in [-0.4, -0.2) is 29.7 Å². The van der Waals surface area contributed by atoms with Gasteiger partial charge < -0.3 is 10.4 Å². The summed E-state index contributed by atoms with van der Waals surface area (Å²) in [4.78, 5) is 12.5. The van der Waals surface area contributed by atoms with Gasteiger partial charge in [0, 0.05) is 0 Å². The molecule has 3 aromatic carbocycles. The first-order valence-electron chi connectivity index (χ1n) is 9.59. The third-order valence-corrected chi connectivity index (χ3v) is 5.24. The molecule has 1 fully saturated rings. The monoisotopic (exact) mass is 382 g/mol. The van der Waals surface area contributed by atoms with Gasteiger partial charge in [-0.15, -0.1) is 0 Å². The average molecular weight is 382 g/mol. The van der Waals surface area contributed by atoms with E-state index in [4.69, 9.17) is 5.11 Å². The van der Waals surface area contributed by atoms with Crippen molar-refractivity contribution in [2.75, 3.05) is 6.61 Å². The fourth-order valence-electron chi connectivity index (χ4n) is 3.85. The molecular formula is C25H22N2O2. The van der Waals surface area contributed by atoms with Crippen molar-refractivity contribution in [3.63, 3.8) is 0 Å². The topological polar surface area (TPSA) is 61.4 Å². The molecule has 0 aromatic heterocycles. The predicted octanol–water partition coefficient (Wildman–Crippen LogP) is 2.43. The average Bonchev–Trinajstić information content (AvgIpc) is 2.79. The van der Waals surface area contributed by atoms with E-state index in [1.54, 1.807) is 0 Å². The number of aliphatic hydroxyl groups excluding tert-OH is 1. The van der Waals surface area contributed by atoms with Crippen LogP contribution in [0, 0.1) is 11.8 Å². The summed E-state index contributed by atoms with van der Waals surface area (Å²) in [5.74, 6) is 5.49. The molecule has 0 unspecified atom stereocenters. The van der Waals surface area contributed by atoms with Gasteiger partial charge in [0.15, 0.2) is 0 Å². The molecule has 4 rings (SSSR count). The molecule has 0 spiro atoms. The Morgan fingerprint density at radius 2 is 1.28 bits per heavy atom. The number of benzene rings is 3. The summed E-state index contributed by atoms with van der Waals surface area (Å²) in [7, 11) is 0. The minimum Gasteiger partial charge on any atom is -0.384 e. The predicted molar refractivity (Wildman–Crippen MR) is 113 cm³/mol. The summed E-state index contributed by atoms with van der Waals surface area (Å²) in [6, 6.07) is 29.5. The number of hydrogen-bond acceptors (Lipinski definition) is 3. The fourth-order valence-corrected chi connectivity index (χ4v) is 3.85. The van der Waals surface area contributed by atoms with Gasteiger partial charge in [0.1, 0.15) is 18.7 Å². The molecule has 3 N–H and O–H groups in total. The van der Waals surface area contributed by atoms with Crippen LogP contribution in [0.1, 0.15) is 16.7 Å². The van der Waals surface area contributed by atoms with Crippen LogP contribution < -0.4 is 10.6 Å². The van der Waals surface area contributed by atoms with E-state index < -0.39 is 11.6 Å². The Morgan fingerprint density at radius 1 is 0.828 bits per heavy atom. The zero-order chi connectivity index (χ0) is 20.1. The summed E-state index contributed by atoms with van der Waals surface area (Å²) in [5.41, 5.74) is 2.37. The van der Waals surface area contributed by atoms with E-state index in [9.17, 15) is 4.79 Å². The Hall–Kier alpha value is -3.39. The van der Waals surface area contributed by atoms with Crippen LogP contribution in [0.25, 0.3) is 0 Å². The maximum Gasteiger partial charge on any atom is 0.241 e. The minimum absolute atomic E-state index is 0.102. The Labute approximate surface area is 170 Å². The van der Waals surface area contributed by atoms with Crippen molar-refractivity contribution in [3.8, 4) is 11.8 Å². The van der Waals surface area contributed by atoms with E-state index in [0.29, 0.717) is 0 Å². The summed E-state index contributed by atoms with van der Waals surface area (Å²) < 4.78 is 0. The van der Waals surface area contributed by atoms with Gasteiger partial charge in [0.2, 0.25) is 5.91 Å². The number of hydrogen-bond donors (Lipinski definition) is 3. The van der Waals surface area contributed by atoms with Gasteiger partial charge in [-0.1, -0.05) is 103 Å². The molecule has 4 heteroatoms. The number of carbonyl (C=O) groups is 1. The van der Waals surface area contributed by atoms with Crippen LogP contribution in [0.3, 0.4) is 0 Å². The van der Waals surface area contributed by atoms with Crippen molar-refractivity contribution < 1.29 is 9.90 Å². The van der Waals surface area contributed by atoms with Gasteiger partial charge in [-0.2, -0.15) is 0 Å². The second-order valence-electron chi connectivity index (χ2n) is 6.94. The minimum atomic E-state index is -0.731. The molecule has 1 saturated heterocycles. The molecule has 3 aromatic rings. The Morgan fingerprint density at radius 3 is 1.66 bits per heavy atom. The van der Waals surface area contributed by atoms with Crippen molar-refractivity contribution in [1.29, 1.82) is 0 Å². The first kappa shape index (κ1) is 18.9. The van der Waals surface area contributed by atoms with Gasteiger partial charge >= 0.3 is 0 Å².